The number of carbonyl (C=O) groups excluding carboxylic acids is 4. The molecule has 2 aromatic heterocycles. The van der Waals surface area contributed by atoms with E-state index in [0.29, 0.717) is 11.3 Å². The lowest BCUT2D eigenvalue weighted by molar-refractivity contribution is -0.380. The molecule has 20 heteroatoms. The average molecular weight is 758 g/mol. The van der Waals surface area contributed by atoms with Crippen LogP contribution in [0.25, 0.3) is 0 Å². The summed E-state index contributed by atoms with van der Waals surface area (Å²) >= 11 is 5.95. The Labute approximate surface area is 307 Å². The number of rotatable bonds is 10. The largest absolute Gasteiger partial charge is 0.507 e. The highest BCUT2D eigenvalue weighted by atomic mass is 35.5. The molecule has 17 nitrogen and oxygen atoms in total. The number of ether oxygens (including phenoxy) is 1. The molecule has 2 amide bonds. The van der Waals surface area contributed by atoms with Crippen LogP contribution in [0.3, 0.4) is 0 Å². The lowest BCUT2D eigenvalue weighted by atomic mass is 10.2. The van der Waals surface area contributed by atoms with Gasteiger partial charge in [-0.15, -0.1) is 0 Å². The van der Waals surface area contributed by atoms with E-state index < -0.39 is 46.6 Å². The van der Waals surface area contributed by atoms with Gasteiger partial charge in [-0.3, -0.25) is 50.0 Å². The number of para-hydroxylation sites is 2. The van der Waals surface area contributed by atoms with Crippen LogP contribution >= 0.6 is 34.3 Å². The number of aromatic nitrogens is 2. The van der Waals surface area contributed by atoms with Gasteiger partial charge in [0, 0.05) is 21.9 Å². The molecule has 3 N–H and O–H groups in total. The number of nitro groups is 2. The Hall–Kier alpha value is -5.37. The number of phenols is 1. The van der Waals surface area contributed by atoms with Crippen molar-refractivity contribution in [2.24, 2.45) is 0 Å². The number of esters is 1. The van der Waals surface area contributed by atoms with E-state index in [4.69, 9.17) is 13.0 Å². The Morgan fingerprint density at radius 3 is 1.66 bits per heavy atom. The third-order valence-corrected chi connectivity index (χ3v) is 7.34. The molecule has 50 heavy (non-hydrogen) atoms. The van der Waals surface area contributed by atoms with Gasteiger partial charge < -0.3 is 14.7 Å². The zero-order valence-corrected chi connectivity index (χ0v) is 28.8. The van der Waals surface area contributed by atoms with Gasteiger partial charge in [-0.2, -0.15) is 0 Å². The van der Waals surface area contributed by atoms with Crippen LogP contribution in [0.1, 0.15) is 63.4 Å². The summed E-state index contributed by atoms with van der Waals surface area (Å²) in [6.45, 7) is 4.53. The number of anilines is 2. The molecule has 4 rings (SSSR count). The number of hydrogen-bond acceptors (Lipinski definition) is 15. The summed E-state index contributed by atoms with van der Waals surface area (Å²) in [6.07, 6.45) is 2.05. The highest BCUT2D eigenvalue weighted by molar-refractivity contribution is 7.19. The molecule has 0 saturated heterocycles. The topological polar surface area (TPSA) is 237 Å². The minimum Gasteiger partial charge on any atom is -0.507 e. The van der Waals surface area contributed by atoms with Crippen molar-refractivity contribution in [1.82, 2.24) is 14.9 Å². The van der Waals surface area contributed by atoms with Crippen LogP contribution in [0.5, 0.6) is 11.5 Å². The van der Waals surface area contributed by atoms with E-state index in [-0.39, 0.29) is 42.9 Å². The van der Waals surface area contributed by atoms with Gasteiger partial charge in [0.15, 0.2) is 10.3 Å². The van der Waals surface area contributed by atoms with Crippen LogP contribution in [0.4, 0.5) is 20.3 Å². The first kappa shape index (κ1) is 33.1. The molecule has 0 bridgehead atoms. The highest BCUT2D eigenvalue weighted by Crippen LogP contribution is 2.27. The number of nitrogens with one attached hydrogen (secondary N) is 2. The first-order valence-electron chi connectivity index (χ1n) is 16.9. The van der Waals surface area contributed by atoms with Crippen LogP contribution in [-0.4, -0.2) is 72.5 Å². The van der Waals surface area contributed by atoms with Crippen LogP contribution < -0.4 is 15.4 Å². The number of phenolic OH excluding ortho intramolecular Hbond substituents is 1. The molecule has 0 aliphatic heterocycles. The van der Waals surface area contributed by atoms with Gasteiger partial charge in [0.05, 0.1) is 21.0 Å². The number of aromatic hydroxyl groups is 1. The van der Waals surface area contributed by atoms with Crippen molar-refractivity contribution < 1.29 is 47.1 Å². The molecule has 0 aliphatic carbocycles. The highest BCUT2D eigenvalue weighted by Gasteiger charge is 2.18. The van der Waals surface area contributed by atoms with Crippen molar-refractivity contribution in [1.29, 1.82) is 0 Å². The molecule has 0 atom stereocenters. The van der Waals surface area contributed by atoms with Crippen LogP contribution in [0, 0.1) is 20.2 Å². The van der Waals surface area contributed by atoms with Crippen molar-refractivity contribution >= 4 is 77.6 Å². The van der Waals surface area contributed by atoms with E-state index in [2.05, 4.69) is 57.9 Å². The van der Waals surface area contributed by atoms with E-state index >= 15 is 0 Å². The van der Waals surface area contributed by atoms with Gasteiger partial charge in [0.2, 0.25) is 5.24 Å². The van der Waals surface area contributed by atoms with Gasteiger partial charge in [0.25, 0.3) is 11.8 Å². The quantitative estimate of drug-likeness (QED) is 0.0526. The minimum absolute atomic E-state index is 0.0244. The SMILES string of the molecule is CCN(CC)CC.O=C(Nc1ncc([N+](=O)[O-])s1)c1ccccc1O.[2H]C([2H])([2H])C(=O)Cl.[2H]C([2H])([2H])C(=O)Oc1ccccc1C(=O)Nc1ncc([N+](=O)[O-])s1. The van der Waals surface area contributed by atoms with Crippen molar-refractivity contribution in [3.8, 4) is 11.5 Å². The number of carbonyl (C=O) groups is 4. The maximum atomic E-state index is 12.2. The van der Waals surface area contributed by atoms with Crippen LogP contribution in [-0.2, 0) is 9.59 Å². The summed E-state index contributed by atoms with van der Waals surface area (Å²) in [6, 6.07) is 11.5. The van der Waals surface area contributed by atoms with Crippen LogP contribution in [0.15, 0.2) is 60.9 Å². The Balaban J connectivity index is 0.000000427. The van der Waals surface area contributed by atoms with Crippen molar-refractivity contribution in [2.45, 2.75) is 34.5 Å². The number of nitrogens with zero attached hydrogens (tertiary/aromatic N) is 5. The minimum atomic E-state index is -2.97. The molecular weight excluding hydrogens is 718 g/mol. The normalized spacial score (nSPS) is 12.0. The van der Waals surface area contributed by atoms with Crippen molar-refractivity contribution in [2.75, 3.05) is 30.3 Å². The summed E-state index contributed by atoms with van der Waals surface area (Å²) in [7, 11) is 0. The smallest absolute Gasteiger partial charge is 0.345 e. The van der Waals surface area contributed by atoms with E-state index in [1.54, 1.807) is 12.1 Å². The maximum Gasteiger partial charge on any atom is 0.345 e. The van der Waals surface area contributed by atoms with E-state index in [0.717, 1.165) is 23.7 Å². The fraction of sp³-hybridized carbons (Fsp3) is 0.267. The molecule has 0 saturated carbocycles. The van der Waals surface area contributed by atoms with Crippen molar-refractivity contribution in [3.05, 3.63) is 92.3 Å². The summed E-state index contributed by atoms with van der Waals surface area (Å²) in [5.41, 5.74) is -0.0386. The molecule has 0 radical (unpaired) electrons. The average Bonchev–Trinajstić information content (AvgIpc) is 3.80. The molecule has 2 aromatic carbocycles. The monoisotopic (exact) mass is 757 g/mol. The maximum absolute atomic E-state index is 12.2. The predicted molar refractivity (Wildman–Crippen MR) is 189 cm³/mol. The van der Waals surface area contributed by atoms with Gasteiger partial charge in [-0.05, 0) is 78.2 Å². The zero-order chi connectivity index (χ0) is 42.8. The Morgan fingerprint density at radius 1 is 0.840 bits per heavy atom. The first-order valence-corrected chi connectivity index (χ1v) is 15.9. The third kappa shape index (κ3) is 15.7. The molecule has 0 aliphatic rings. The standard InChI is InChI=1S/C12H9N3O5S.C10H7N3O4S.C6H15N.C2H3ClO/c1-7(16)20-9-5-3-2-4-8(9)11(17)14-12-13-6-10(21-12)15(18)19;14-7-4-2-1-3-6(7)9(15)12-10-11-5-8(18-10)13(16)17;1-4-7(5-2)6-3;1-2(3)4/h2-6H,1H3,(H,13,14,17);1-5,14H,(H,11,12,15);4-6H2,1-3H3;1H3/i1D3;;;1D3. The summed E-state index contributed by atoms with van der Waals surface area (Å²) < 4.78 is 44.4. The molecule has 4 aromatic rings. The summed E-state index contributed by atoms with van der Waals surface area (Å²) in [4.78, 5) is 74.6. The van der Waals surface area contributed by atoms with Gasteiger partial charge >= 0.3 is 16.0 Å². The molecular formula is C30H34ClN7O10S2. The number of benzene rings is 2. The Kier molecular flexibility index (Phi) is 14.8. The summed E-state index contributed by atoms with van der Waals surface area (Å²) in [5.74, 6) is -3.22. The number of thiazole rings is 2. The number of amides is 2. The lowest BCUT2D eigenvalue weighted by Crippen LogP contribution is -2.21. The Morgan fingerprint density at radius 2 is 1.28 bits per heavy atom. The lowest BCUT2D eigenvalue weighted by Gasteiger charge is -2.13. The van der Waals surface area contributed by atoms with Crippen LogP contribution in [0.2, 0.25) is 0 Å². The molecule has 2 heterocycles. The first-order chi connectivity index (χ1) is 26.0. The molecule has 0 unspecified atom stereocenters. The fourth-order valence-electron chi connectivity index (χ4n) is 3.32. The number of halogens is 1. The fourth-order valence-corrected chi connectivity index (χ4v) is 4.58. The predicted octanol–water partition coefficient (Wildman–Crippen LogP) is 6.36. The van der Waals surface area contributed by atoms with Gasteiger partial charge in [-0.1, -0.05) is 45.0 Å². The third-order valence-electron chi connectivity index (χ3n) is 5.61. The molecule has 0 fully saturated rings. The second-order valence-electron chi connectivity index (χ2n) is 8.73. The molecule has 0 spiro atoms. The second-order valence-corrected chi connectivity index (χ2v) is 11.1. The van der Waals surface area contributed by atoms with E-state index in [1.165, 1.54) is 56.0 Å². The van der Waals surface area contributed by atoms with E-state index in [9.17, 15) is 44.5 Å². The van der Waals surface area contributed by atoms with Gasteiger partial charge in [0.1, 0.15) is 23.9 Å². The Bertz CT molecular complexity index is 1970. The second kappa shape index (κ2) is 22.3. The van der Waals surface area contributed by atoms with Gasteiger partial charge in [-0.25, -0.2) is 9.97 Å². The zero-order valence-electron chi connectivity index (χ0n) is 32.4. The molecule has 268 valence electrons. The number of hydrogen-bond donors (Lipinski definition) is 3. The van der Waals surface area contributed by atoms with E-state index in [1.807, 2.05) is 0 Å². The summed E-state index contributed by atoms with van der Waals surface area (Å²) in [5, 5.41) is 33.6. The van der Waals surface area contributed by atoms with Crippen molar-refractivity contribution in [3.63, 3.8) is 0 Å².